The summed E-state index contributed by atoms with van der Waals surface area (Å²) in [5.41, 5.74) is 5.79. The smallest absolute Gasteiger partial charge is 0.269 e. The van der Waals surface area contributed by atoms with Gasteiger partial charge in [0.1, 0.15) is 5.75 Å². The number of aromatic nitrogens is 1. The molecule has 0 aliphatic carbocycles. The van der Waals surface area contributed by atoms with Crippen LogP contribution in [0.15, 0.2) is 48.8 Å². The third-order valence-electron chi connectivity index (χ3n) is 3.54. The fourth-order valence-corrected chi connectivity index (χ4v) is 2.27. The number of methoxy groups -OCH3 is 1. The lowest BCUT2D eigenvalue weighted by Crippen LogP contribution is -2.43. The van der Waals surface area contributed by atoms with Gasteiger partial charge in [-0.15, -0.1) is 0 Å². The Hall–Kier alpha value is -3.42. The van der Waals surface area contributed by atoms with Crippen LogP contribution in [0.25, 0.3) is 0 Å². The summed E-state index contributed by atoms with van der Waals surface area (Å²) in [5, 5.41) is 2.72. The van der Waals surface area contributed by atoms with E-state index in [0.29, 0.717) is 11.3 Å². The van der Waals surface area contributed by atoms with Gasteiger partial charge in [0.2, 0.25) is 11.8 Å². The van der Waals surface area contributed by atoms with Gasteiger partial charge in [-0.2, -0.15) is 0 Å². The largest absolute Gasteiger partial charge is 0.497 e. The van der Waals surface area contributed by atoms with E-state index in [-0.39, 0.29) is 12.3 Å². The first kappa shape index (κ1) is 18.9. The van der Waals surface area contributed by atoms with Crippen LogP contribution in [-0.4, -0.2) is 29.8 Å². The standard InChI is InChI=1S/C18H20N4O4/c1-12(23)20-16(13-3-5-15(26-2)6-4-13)11-17(24)21-22-18(25)14-7-9-19-10-8-14/h3-10,16H,11H2,1-2H3,(H,20,23)(H,21,24)(H,22,25)/t16-/m1/s1. The van der Waals surface area contributed by atoms with Crippen LogP contribution in [0.5, 0.6) is 5.75 Å². The molecule has 0 bridgehead atoms. The molecule has 136 valence electrons. The van der Waals surface area contributed by atoms with Gasteiger partial charge >= 0.3 is 0 Å². The average Bonchev–Trinajstić information content (AvgIpc) is 2.66. The molecule has 0 saturated heterocycles. The first-order valence-electron chi connectivity index (χ1n) is 7.90. The van der Waals surface area contributed by atoms with Crippen molar-refractivity contribution in [2.75, 3.05) is 7.11 Å². The Bertz CT molecular complexity index is 763. The van der Waals surface area contributed by atoms with Crippen LogP contribution >= 0.6 is 0 Å². The van der Waals surface area contributed by atoms with Crippen LogP contribution in [0.2, 0.25) is 0 Å². The molecule has 3 amide bonds. The number of amides is 3. The molecule has 1 aromatic heterocycles. The van der Waals surface area contributed by atoms with Crippen molar-refractivity contribution in [1.82, 2.24) is 21.2 Å². The lowest BCUT2D eigenvalue weighted by Gasteiger charge is -2.18. The minimum atomic E-state index is -0.531. The Labute approximate surface area is 150 Å². The van der Waals surface area contributed by atoms with Gasteiger partial charge in [-0.3, -0.25) is 30.2 Å². The van der Waals surface area contributed by atoms with Crippen molar-refractivity contribution in [3.05, 3.63) is 59.9 Å². The SMILES string of the molecule is COc1ccc([C@@H](CC(=O)NNC(=O)c2ccncc2)NC(C)=O)cc1. The lowest BCUT2D eigenvalue weighted by atomic mass is 10.0. The van der Waals surface area contributed by atoms with Gasteiger partial charge in [0.05, 0.1) is 19.6 Å². The quantitative estimate of drug-likeness (QED) is 0.672. The predicted molar refractivity (Wildman–Crippen MR) is 94.0 cm³/mol. The van der Waals surface area contributed by atoms with E-state index in [2.05, 4.69) is 21.2 Å². The molecule has 0 radical (unpaired) electrons. The van der Waals surface area contributed by atoms with E-state index in [1.54, 1.807) is 31.4 Å². The van der Waals surface area contributed by atoms with Gasteiger partial charge in [-0.1, -0.05) is 12.1 Å². The monoisotopic (exact) mass is 356 g/mol. The first-order chi connectivity index (χ1) is 12.5. The van der Waals surface area contributed by atoms with Crippen LogP contribution < -0.4 is 20.9 Å². The van der Waals surface area contributed by atoms with Crippen molar-refractivity contribution in [3.63, 3.8) is 0 Å². The molecule has 1 heterocycles. The molecule has 1 aromatic carbocycles. The maximum atomic E-state index is 12.2. The summed E-state index contributed by atoms with van der Waals surface area (Å²) in [6, 6.07) is 9.54. The highest BCUT2D eigenvalue weighted by molar-refractivity contribution is 5.95. The van der Waals surface area contributed by atoms with Gasteiger partial charge in [0.15, 0.2) is 0 Å². The zero-order chi connectivity index (χ0) is 18.9. The van der Waals surface area contributed by atoms with Crippen molar-refractivity contribution < 1.29 is 19.1 Å². The Morgan fingerprint density at radius 1 is 1.04 bits per heavy atom. The van der Waals surface area contributed by atoms with E-state index < -0.39 is 17.9 Å². The Balaban J connectivity index is 1.97. The number of nitrogens with zero attached hydrogens (tertiary/aromatic N) is 1. The summed E-state index contributed by atoms with van der Waals surface area (Å²) in [4.78, 5) is 39.3. The van der Waals surface area contributed by atoms with Crippen LogP contribution in [0.1, 0.15) is 35.3 Å². The summed E-state index contributed by atoms with van der Waals surface area (Å²) in [7, 11) is 1.55. The minimum absolute atomic E-state index is 0.0392. The van der Waals surface area contributed by atoms with Gasteiger partial charge < -0.3 is 10.1 Å². The van der Waals surface area contributed by atoms with Gasteiger partial charge in [0, 0.05) is 24.9 Å². The van der Waals surface area contributed by atoms with Crippen LogP contribution in [0.4, 0.5) is 0 Å². The predicted octanol–water partition coefficient (Wildman–Crippen LogP) is 1.12. The van der Waals surface area contributed by atoms with Crippen molar-refractivity contribution in [3.8, 4) is 5.75 Å². The second-order valence-electron chi connectivity index (χ2n) is 5.47. The molecule has 8 nitrogen and oxygen atoms in total. The fourth-order valence-electron chi connectivity index (χ4n) is 2.27. The van der Waals surface area contributed by atoms with Crippen molar-refractivity contribution >= 4 is 17.7 Å². The number of rotatable bonds is 6. The number of hydrazine groups is 1. The second-order valence-corrected chi connectivity index (χ2v) is 5.47. The molecule has 8 heteroatoms. The number of hydrogen-bond acceptors (Lipinski definition) is 5. The topological polar surface area (TPSA) is 109 Å². The zero-order valence-corrected chi connectivity index (χ0v) is 14.5. The maximum Gasteiger partial charge on any atom is 0.269 e. The molecule has 0 fully saturated rings. The highest BCUT2D eigenvalue weighted by atomic mass is 16.5. The number of ether oxygens (including phenoxy) is 1. The summed E-state index contributed by atoms with van der Waals surface area (Å²) in [5.74, 6) is -0.493. The summed E-state index contributed by atoms with van der Waals surface area (Å²) >= 11 is 0. The van der Waals surface area contributed by atoms with Gasteiger partial charge in [0.25, 0.3) is 5.91 Å². The van der Waals surface area contributed by atoms with E-state index in [9.17, 15) is 14.4 Å². The molecule has 2 rings (SSSR count). The third-order valence-corrected chi connectivity index (χ3v) is 3.54. The zero-order valence-electron chi connectivity index (χ0n) is 14.5. The molecular weight excluding hydrogens is 336 g/mol. The van der Waals surface area contributed by atoms with Crippen LogP contribution in [-0.2, 0) is 9.59 Å². The molecule has 2 aromatic rings. The highest BCUT2D eigenvalue weighted by Gasteiger charge is 2.18. The van der Waals surface area contributed by atoms with E-state index in [4.69, 9.17) is 4.74 Å². The van der Waals surface area contributed by atoms with Crippen molar-refractivity contribution in [2.24, 2.45) is 0 Å². The molecule has 0 aliphatic heterocycles. The fraction of sp³-hybridized carbons (Fsp3) is 0.222. The Kier molecular flexibility index (Phi) is 6.67. The summed E-state index contributed by atoms with van der Waals surface area (Å²) in [6.07, 6.45) is 2.92. The molecule has 0 unspecified atom stereocenters. The molecule has 26 heavy (non-hydrogen) atoms. The van der Waals surface area contributed by atoms with E-state index >= 15 is 0 Å². The van der Waals surface area contributed by atoms with E-state index in [1.165, 1.54) is 31.5 Å². The summed E-state index contributed by atoms with van der Waals surface area (Å²) < 4.78 is 5.10. The number of pyridine rings is 1. The minimum Gasteiger partial charge on any atom is -0.497 e. The van der Waals surface area contributed by atoms with Crippen LogP contribution in [0.3, 0.4) is 0 Å². The average molecular weight is 356 g/mol. The summed E-state index contributed by atoms with van der Waals surface area (Å²) in [6.45, 7) is 1.37. The number of carbonyl (C=O) groups excluding carboxylic acids is 3. The first-order valence-corrected chi connectivity index (χ1v) is 7.90. The number of hydrogen-bond donors (Lipinski definition) is 3. The number of nitrogens with one attached hydrogen (secondary N) is 3. The number of carbonyl (C=O) groups is 3. The van der Waals surface area contributed by atoms with Gasteiger partial charge in [-0.05, 0) is 29.8 Å². The maximum absolute atomic E-state index is 12.2. The van der Waals surface area contributed by atoms with E-state index in [0.717, 1.165) is 5.56 Å². The third kappa shape index (κ3) is 5.59. The molecule has 1 atom stereocenters. The lowest BCUT2D eigenvalue weighted by molar-refractivity contribution is -0.123. The number of benzene rings is 1. The molecule has 3 N–H and O–H groups in total. The van der Waals surface area contributed by atoms with Crippen molar-refractivity contribution in [1.29, 1.82) is 0 Å². The second kappa shape index (κ2) is 9.16. The van der Waals surface area contributed by atoms with Crippen LogP contribution in [0, 0.1) is 0 Å². The van der Waals surface area contributed by atoms with Gasteiger partial charge in [-0.25, -0.2) is 0 Å². The Morgan fingerprint density at radius 3 is 2.27 bits per heavy atom. The molecular formula is C18H20N4O4. The van der Waals surface area contributed by atoms with E-state index in [1.807, 2.05) is 0 Å². The molecule has 0 saturated carbocycles. The Morgan fingerprint density at radius 2 is 1.69 bits per heavy atom. The normalized spacial score (nSPS) is 11.2. The molecule has 0 aliphatic rings. The molecule has 0 spiro atoms. The highest BCUT2D eigenvalue weighted by Crippen LogP contribution is 2.20. The van der Waals surface area contributed by atoms with Crippen molar-refractivity contribution in [2.45, 2.75) is 19.4 Å².